The van der Waals surface area contributed by atoms with Gasteiger partial charge >= 0.3 is 0 Å². The van der Waals surface area contributed by atoms with Crippen LogP contribution in [0.15, 0.2) is 29.3 Å². The molecule has 0 fully saturated rings. The van der Waals surface area contributed by atoms with Crippen LogP contribution in [0.5, 0.6) is 0 Å². The van der Waals surface area contributed by atoms with Crippen molar-refractivity contribution in [1.29, 1.82) is 0 Å². The van der Waals surface area contributed by atoms with E-state index >= 15 is 0 Å². The second-order valence-electron chi connectivity index (χ2n) is 5.50. The molecule has 2 heterocycles. The SMILES string of the molecule is CCCNCCNC(=O)Cc1c(C)nc(-c2cccnc2)[nH]c1=O. The summed E-state index contributed by atoms with van der Waals surface area (Å²) in [5.74, 6) is 0.274. The topological polar surface area (TPSA) is 99.8 Å². The molecule has 2 rings (SSSR count). The van der Waals surface area contributed by atoms with E-state index in [4.69, 9.17) is 0 Å². The Hall–Kier alpha value is -2.54. The van der Waals surface area contributed by atoms with E-state index < -0.39 is 0 Å². The fraction of sp³-hybridized carbons (Fsp3) is 0.412. The number of carbonyl (C=O) groups excluding carboxylic acids is 1. The lowest BCUT2D eigenvalue weighted by Gasteiger charge is -2.08. The lowest BCUT2D eigenvalue weighted by Crippen LogP contribution is -2.34. The average molecular weight is 329 g/mol. The van der Waals surface area contributed by atoms with Gasteiger partial charge in [-0.2, -0.15) is 0 Å². The molecule has 3 N–H and O–H groups in total. The van der Waals surface area contributed by atoms with Crippen LogP contribution in [-0.2, 0) is 11.2 Å². The minimum Gasteiger partial charge on any atom is -0.355 e. The summed E-state index contributed by atoms with van der Waals surface area (Å²) in [5, 5.41) is 6.00. The number of aryl methyl sites for hydroxylation is 1. The third-order valence-electron chi connectivity index (χ3n) is 3.55. The molecule has 7 heteroatoms. The van der Waals surface area contributed by atoms with Gasteiger partial charge in [-0.3, -0.25) is 14.6 Å². The third-order valence-corrected chi connectivity index (χ3v) is 3.55. The number of amides is 1. The summed E-state index contributed by atoms with van der Waals surface area (Å²) in [6.45, 7) is 6.00. The van der Waals surface area contributed by atoms with Crippen LogP contribution in [0, 0.1) is 6.92 Å². The summed E-state index contributed by atoms with van der Waals surface area (Å²) in [4.78, 5) is 35.4. The maximum absolute atomic E-state index is 12.3. The van der Waals surface area contributed by atoms with Crippen molar-refractivity contribution in [1.82, 2.24) is 25.6 Å². The fourth-order valence-corrected chi connectivity index (χ4v) is 2.27. The monoisotopic (exact) mass is 329 g/mol. The molecule has 7 nitrogen and oxygen atoms in total. The minimum atomic E-state index is -0.291. The molecule has 0 unspecified atom stereocenters. The first-order valence-electron chi connectivity index (χ1n) is 8.09. The molecule has 0 aliphatic carbocycles. The van der Waals surface area contributed by atoms with E-state index in [-0.39, 0.29) is 17.9 Å². The molecule has 0 bridgehead atoms. The van der Waals surface area contributed by atoms with Gasteiger partial charge in [0.1, 0.15) is 5.82 Å². The van der Waals surface area contributed by atoms with Gasteiger partial charge in [-0.1, -0.05) is 6.92 Å². The van der Waals surface area contributed by atoms with E-state index in [2.05, 4.69) is 32.5 Å². The number of H-pyrrole nitrogens is 1. The Bertz CT molecular complexity index is 728. The summed E-state index contributed by atoms with van der Waals surface area (Å²) in [6, 6.07) is 3.60. The zero-order chi connectivity index (χ0) is 17.4. The van der Waals surface area contributed by atoms with Crippen LogP contribution in [0.2, 0.25) is 0 Å². The van der Waals surface area contributed by atoms with Gasteiger partial charge in [0.15, 0.2) is 0 Å². The summed E-state index contributed by atoms with van der Waals surface area (Å²) in [7, 11) is 0. The predicted molar refractivity (Wildman–Crippen MR) is 92.7 cm³/mol. The van der Waals surface area contributed by atoms with Gasteiger partial charge in [0.25, 0.3) is 5.56 Å². The smallest absolute Gasteiger partial charge is 0.255 e. The average Bonchev–Trinajstić information content (AvgIpc) is 2.58. The quantitative estimate of drug-likeness (QED) is 0.622. The molecule has 0 aromatic carbocycles. The Morgan fingerprint density at radius 1 is 1.29 bits per heavy atom. The Balaban J connectivity index is 2.01. The second-order valence-corrected chi connectivity index (χ2v) is 5.50. The molecule has 1 amide bonds. The van der Waals surface area contributed by atoms with Gasteiger partial charge in [0.2, 0.25) is 5.91 Å². The van der Waals surface area contributed by atoms with Gasteiger partial charge in [0, 0.05) is 42.3 Å². The number of carbonyl (C=O) groups is 1. The number of pyridine rings is 1. The van der Waals surface area contributed by atoms with Gasteiger partial charge in [-0.25, -0.2) is 4.98 Å². The van der Waals surface area contributed by atoms with Crippen LogP contribution in [0.4, 0.5) is 0 Å². The number of aromatic amines is 1. The first-order chi connectivity index (χ1) is 11.6. The maximum Gasteiger partial charge on any atom is 0.255 e. The zero-order valence-corrected chi connectivity index (χ0v) is 14.1. The number of nitrogens with one attached hydrogen (secondary N) is 3. The highest BCUT2D eigenvalue weighted by Gasteiger charge is 2.13. The standard InChI is InChI=1S/C17H23N5O2/c1-3-6-18-8-9-20-15(23)10-14-12(2)21-16(22-17(14)24)13-5-4-7-19-11-13/h4-5,7,11,18H,3,6,8-10H2,1-2H3,(H,20,23)(H,21,22,24). The summed E-state index contributed by atoms with van der Waals surface area (Å²) in [5.41, 5.74) is 1.38. The summed E-state index contributed by atoms with van der Waals surface area (Å²) in [6.07, 6.45) is 4.36. The molecule has 0 saturated carbocycles. The van der Waals surface area contributed by atoms with Gasteiger partial charge < -0.3 is 15.6 Å². The van der Waals surface area contributed by atoms with E-state index in [0.717, 1.165) is 18.5 Å². The fourth-order valence-electron chi connectivity index (χ4n) is 2.27. The van der Waals surface area contributed by atoms with Crippen LogP contribution in [0.25, 0.3) is 11.4 Å². The van der Waals surface area contributed by atoms with Crippen LogP contribution in [0.1, 0.15) is 24.6 Å². The predicted octanol–water partition coefficient (Wildman–Crippen LogP) is 0.799. The number of hydrogen-bond acceptors (Lipinski definition) is 5. The minimum absolute atomic E-state index is 0.0231. The zero-order valence-electron chi connectivity index (χ0n) is 14.1. The highest BCUT2D eigenvalue weighted by Crippen LogP contribution is 2.12. The highest BCUT2D eigenvalue weighted by atomic mass is 16.2. The normalized spacial score (nSPS) is 10.6. The van der Waals surface area contributed by atoms with Crippen molar-refractivity contribution in [3.63, 3.8) is 0 Å². The van der Waals surface area contributed by atoms with Gasteiger partial charge in [0.05, 0.1) is 6.42 Å². The second kappa shape index (κ2) is 8.93. The van der Waals surface area contributed by atoms with Crippen molar-refractivity contribution in [2.24, 2.45) is 0 Å². The first-order valence-corrected chi connectivity index (χ1v) is 8.09. The van der Waals surface area contributed by atoms with E-state index in [9.17, 15) is 9.59 Å². The Kier molecular flexibility index (Phi) is 6.62. The first kappa shape index (κ1) is 17.8. The molecule has 2 aromatic heterocycles. The molecular weight excluding hydrogens is 306 g/mol. The molecule has 0 atom stereocenters. The molecule has 0 spiro atoms. The third kappa shape index (κ3) is 4.99. The van der Waals surface area contributed by atoms with Crippen LogP contribution < -0.4 is 16.2 Å². The van der Waals surface area contributed by atoms with Crippen molar-refractivity contribution in [3.8, 4) is 11.4 Å². The molecule has 128 valence electrons. The Morgan fingerprint density at radius 3 is 2.79 bits per heavy atom. The lowest BCUT2D eigenvalue weighted by atomic mass is 10.1. The molecular formula is C17H23N5O2. The van der Waals surface area contributed by atoms with E-state index in [1.165, 1.54) is 0 Å². The maximum atomic E-state index is 12.3. The van der Waals surface area contributed by atoms with Crippen molar-refractivity contribution < 1.29 is 4.79 Å². The van der Waals surface area contributed by atoms with E-state index in [1.807, 2.05) is 6.07 Å². The lowest BCUT2D eigenvalue weighted by molar-refractivity contribution is -0.120. The van der Waals surface area contributed by atoms with Crippen LogP contribution >= 0.6 is 0 Å². The van der Waals surface area contributed by atoms with Gasteiger partial charge in [-0.05, 0) is 32.0 Å². The molecule has 0 radical (unpaired) electrons. The molecule has 0 aliphatic rings. The van der Waals surface area contributed by atoms with Crippen molar-refractivity contribution in [2.75, 3.05) is 19.6 Å². The Labute approximate surface area is 140 Å². The highest BCUT2D eigenvalue weighted by molar-refractivity contribution is 5.78. The molecule has 0 saturated heterocycles. The molecule has 2 aromatic rings. The number of rotatable bonds is 8. The number of hydrogen-bond donors (Lipinski definition) is 3. The molecule has 24 heavy (non-hydrogen) atoms. The van der Waals surface area contributed by atoms with E-state index in [0.29, 0.717) is 30.2 Å². The van der Waals surface area contributed by atoms with Crippen LogP contribution in [0.3, 0.4) is 0 Å². The largest absolute Gasteiger partial charge is 0.355 e. The summed E-state index contributed by atoms with van der Waals surface area (Å²) >= 11 is 0. The van der Waals surface area contributed by atoms with Gasteiger partial charge in [-0.15, -0.1) is 0 Å². The van der Waals surface area contributed by atoms with Crippen LogP contribution in [-0.4, -0.2) is 40.5 Å². The molecule has 0 aliphatic heterocycles. The number of aromatic nitrogens is 3. The summed E-state index contributed by atoms with van der Waals surface area (Å²) < 4.78 is 0. The van der Waals surface area contributed by atoms with Crippen molar-refractivity contribution in [3.05, 3.63) is 46.1 Å². The van der Waals surface area contributed by atoms with E-state index in [1.54, 1.807) is 25.4 Å². The van der Waals surface area contributed by atoms with Crippen molar-refractivity contribution >= 4 is 5.91 Å². The number of nitrogens with zero attached hydrogens (tertiary/aromatic N) is 2. The van der Waals surface area contributed by atoms with Crippen molar-refractivity contribution in [2.45, 2.75) is 26.7 Å². The Morgan fingerprint density at radius 2 is 2.12 bits per heavy atom.